The molecule has 0 aliphatic heterocycles. The second kappa shape index (κ2) is 3.40. The number of rotatable bonds is 0. The zero-order valence-electron chi connectivity index (χ0n) is 9.96. The lowest BCUT2D eigenvalue weighted by molar-refractivity contribution is 0.375. The maximum Gasteiger partial charge on any atom is -0.00284 e. The van der Waals surface area contributed by atoms with E-state index < -0.39 is 0 Å². The highest BCUT2D eigenvalue weighted by atomic mass is 32.1. The minimum absolute atomic E-state index is 0.292. The molecule has 2 aliphatic rings. The van der Waals surface area contributed by atoms with Gasteiger partial charge in [0.15, 0.2) is 0 Å². The van der Waals surface area contributed by atoms with Crippen LogP contribution in [0.15, 0.2) is 29.2 Å². The Labute approximate surface area is 103 Å². The molecular weight excluding hydrogens is 212 g/mol. The van der Waals surface area contributed by atoms with E-state index in [1.165, 1.54) is 40.9 Å². The van der Waals surface area contributed by atoms with Crippen LogP contribution in [0.4, 0.5) is 0 Å². The Kier molecular flexibility index (Phi) is 2.22. The molecule has 0 N–H and O–H groups in total. The van der Waals surface area contributed by atoms with Crippen LogP contribution < -0.4 is 0 Å². The summed E-state index contributed by atoms with van der Waals surface area (Å²) in [7, 11) is 0. The second-order valence-electron chi connectivity index (χ2n) is 5.57. The molecule has 1 aromatic rings. The summed E-state index contributed by atoms with van der Waals surface area (Å²) in [5.41, 5.74) is 4.81. The van der Waals surface area contributed by atoms with Gasteiger partial charge in [0.2, 0.25) is 0 Å². The normalized spacial score (nSPS) is 26.6. The van der Waals surface area contributed by atoms with Crippen molar-refractivity contribution in [1.29, 1.82) is 0 Å². The summed E-state index contributed by atoms with van der Waals surface area (Å²) in [6, 6.07) is 8.88. The molecule has 0 bridgehead atoms. The maximum absolute atomic E-state index is 4.72. The first kappa shape index (κ1) is 10.5. The van der Waals surface area contributed by atoms with Gasteiger partial charge in [0, 0.05) is 0 Å². The molecule has 0 aromatic heterocycles. The first-order chi connectivity index (χ1) is 7.62. The lowest BCUT2D eigenvalue weighted by Gasteiger charge is -2.32. The summed E-state index contributed by atoms with van der Waals surface area (Å²) in [6.45, 7) is 4.77. The second-order valence-corrected chi connectivity index (χ2v) is 6.11. The predicted molar refractivity (Wildman–Crippen MR) is 72.7 cm³/mol. The van der Waals surface area contributed by atoms with Gasteiger partial charge in [-0.1, -0.05) is 38.1 Å². The maximum atomic E-state index is 4.72. The van der Waals surface area contributed by atoms with Gasteiger partial charge in [0.05, 0.1) is 0 Å². The largest absolute Gasteiger partial charge is 0.148 e. The van der Waals surface area contributed by atoms with E-state index in [0.29, 0.717) is 11.3 Å². The third kappa shape index (κ3) is 1.24. The lowest BCUT2D eigenvalue weighted by atomic mass is 9.73. The van der Waals surface area contributed by atoms with Crippen LogP contribution in [0.1, 0.15) is 44.2 Å². The number of thiol groups is 1. The molecule has 0 spiro atoms. The minimum atomic E-state index is 0.292. The Hall–Kier alpha value is -0.690. The standard InChI is InChI=1S/C15H18S/c1-15(2)11-7-4-3-6-10(11)14-12(15)8-5-9-13(14)16/h3-4,6-7,12,16H,5,8-9H2,1-2H3. The Morgan fingerprint density at radius 3 is 2.81 bits per heavy atom. The highest BCUT2D eigenvalue weighted by Gasteiger charge is 2.44. The number of benzene rings is 1. The van der Waals surface area contributed by atoms with Crippen molar-refractivity contribution in [2.75, 3.05) is 0 Å². The van der Waals surface area contributed by atoms with E-state index in [-0.39, 0.29) is 0 Å². The van der Waals surface area contributed by atoms with Crippen molar-refractivity contribution in [2.45, 2.75) is 38.5 Å². The quantitative estimate of drug-likeness (QED) is 0.627. The zero-order chi connectivity index (χ0) is 11.3. The fraction of sp³-hybridized carbons (Fsp3) is 0.467. The fourth-order valence-electron chi connectivity index (χ4n) is 3.49. The lowest BCUT2D eigenvalue weighted by Crippen LogP contribution is -2.25. The zero-order valence-corrected chi connectivity index (χ0v) is 10.8. The van der Waals surface area contributed by atoms with Crippen LogP contribution in [0.2, 0.25) is 0 Å². The van der Waals surface area contributed by atoms with E-state index in [1.807, 2.05) is 0 Å². The van der Waals surface area contributed by atoms with Crippen molar-refractivity contribution in [1.82, 2.24) is 0 Å². The molecule has 1 heteroatoms. The molecule has 0 heterocycles. The van der Waals surface area contributed by atoms with E-state index in [1.54, 1.807) is 0 Å². The van der Waals surface area contributed by atoms with Gasteiger partial charge in [-0.15, -0.1) is 12.6 Å². The predicted octanol–water partition coefficient (Wildman–Crippen LogP) is 4.42. The monoisotopic (exact) mass is 230 g/mol. The molecule has 0 amide bonds. The molecule has 1 aromatic carbocycles. The molecule has 0 saturated carbocycles. The summed E-state index contributed by atoms with van der Waals surface area (Å²) < 4.78 is 0. The van der Waals surface area contributed by atoms with E-state index in [0.717, 1.165) is 0 Å². The molecular formula is C15H18S. The van der Waals surface area contributed by atoms with Gasteiger partial charge in [0.1, 0.15) is 0 Å². The molecule has 0 saturated heterocycles. The number of fused-ring (bicyclic) bond motifs is 3. The topological polar surface area (TPSA) is 0 Å². The summed E-state index contributed by atoms with van der Waals surface area (Å²) in [5.74, 6) is 0.686. The molecule has 0 radical (unpaired) electrons. The van der Waals surface area contributed by atoms with Crippen LogP contribution in [0.3, 0.4) is 0 Å². The first-order valence-corrected chi connectivity index (χ1v) is 6.59. The molecule has 2 aliphatic carbocycles. The number of hydrogen-bond acceptors (Lipinski definition) is 1. The molecule has 3 rings (SSSR count). The molecule has 0 nitrogen and oxygen atoms in total. The molecule has 0 fully saturated rings. The summed E-state index contributed by atoms with van der Waals surface area (Å²) in [5, 5.41) is 0. The average Bonchev–Trinajstić information content (AvgIpc) is 2.51. The van der Waals surface area contributed by atoms with Crippen LogP contribution in [0.5, 0.6) is 0 Å². The average molecular weight is 230 g/mol. The van der Waals surface area contributed by atoms with Crippen molar-refractivity contribution in [3.05, 3.63) is 40.3 Å². The highest BCUT2D eigenvalue weighted by Crippen LogP contribution is 2.55. The minimum Gasteiger partial charge on any atom is -0.148 e. The summed E-state index contributed by atoms with van der Waals surface area (Å²) >= 11 is 4.72. The molecule has 1 unspecified atom stereocenters. The SMILES string of the molecule is CC1(C)c2ccccc2C2=C(S)CCCC21. The fourth-order valence-corrected chi connectivity index (χ4v) is 3.92. The Bertz CT molecular complexity index is 468. The first-order valence-electron chi connectivity index (χ1n) is 6.14. The third-order valence-electron chi connectivity index (χ3n) is 4.35. The van der Waals surface area contributed by atoms with E-state index >= 15 is 0 Å². The van der Waals surface area contributed by atoms with Crippen LogP contribution in [0.25, 0.3) is 5.57 Å². The van der Waals surface area contributed by atoms with Crippen LogP contribution in [-0.4, -0.2) is 0 Å². The number of hydrogen-bond donors (Lipinski definition) is 1. The van der Waals surface area contributed by atoms with Gasteiger partial charge in [-0.25, -0.2) is 0 Å². The van der Waals surface area contributed by atoms with Gasteiger partial charge in [0.25, 0.3) is 0 Å². The van der Waals surface area contributed by atoms with Crippen molar-refractivity contribution >= 4 is 18.2 Å². The van der Waals surface area contributed by atoms with Crippen LogP contribution >= 0.6 is 12.6 Å². The molecule has 84 valence electrons. The van der Waals surface area contributed by atoms with Crippen LogP contribution in [-0.2, 0) is 5.41 Å². The molecule has 1 atom stereocenters. The van der Waals surface area contributed by atoms with Gasteiger partial charge < -0.3 is 0 Å². The Morgan fingerprint density at radius 1 is 1.25 bits per heavy atom. The van der Waals surface area contributed by atoms with Gasteiger partial charge in [-0.05, 0) is 52.2 Å². The van der Waals surface area contributed by atoms with Gasteiger partial charge >= 0.3 is 0 Å². The van der Waals surface area contributed by atoms with Crippen molar-refractivity contribution in [3.8, 4) is 0 Å². The number of allylic oxidation sites excluding steroid dienone is 2. The summed E-state index contributed by atoms with van der Waals surface area (Å²) in [4.78, 5) is 1.33. The van der Waals surface area contributed by atoms with Gasteiger partial charge in [-0.2, -0.15) is 0 Å². The van der Waals surface area contributed by atoms with Crippen LogP contribution in [0, 0.1) is 5.92 Å². The van der Waals surface area contributed by atoms with E-state index in [9.17, 15) is 0 Å². The third-order valence-corrected chi connectivity index (χ3v) is 4.81. The van der Waals surface area contributed by atoms with E-state index in [2.05, 4.69) is 38.1 Å². The van der Waals surface area contributed by atoms with Crippen molar-refractivity contribution < 1.29 is 0 Å². The van der Waals surface area contributed by atoms with Gasteiger partial charge in [-0.3, -0.25) is 0 Å². The molecule has 16 heavy (non-hydrogen) atoms. The van der Waals surface area contributed by atoms with Crippen molar-refractivity contribution in [3.63, 3.8) is 0 Å². The van der Waals surface area contributed by atoms with Crippen molar-refractivity contribution in [2.24, 2.45) is 5.92 Å². The van der Waals surface area contributed by atoms with E-state index in [4.69, 9.17) is 12.6 Å². The summed E-state index contributed by atoms with van der Waals surface area (Å²) in [6.07, 6.45) is 3.78. The Balaban J connectivity index is 2.29. The Morgan fingerprint density at radius 2 is 2.00 bits per heavy atom. The smallest absolute Gasteiger partial charge is 0.00284 e. The highest BCUT2D eigenvalue weighted by molar-refractivity contribution is 7.84.